The lowest BCUT2D eigenvalue weighted by molar-refractivity contribution is -0.127. The first kappa shape index (κ1) is 14.3. The number of carbonyl (C=O) groups is 1. The second-order valence-electron chi connectivity index (χ2n) is 7.66. The highest BCUT2D eigenvalue weighted by molar-refractivity contribution is 5.79. The van der Waals surface area contributed by atoms with Gasteiger partial charge in [-0.25, -0.2) is 0 Å². The van der Waals surface area contributed by atoms with Crippen LogP contribution in [0.1, 0.15) is 59.8 Å². The number of carbonyl (C=O) groups excluding carboxylic acids is 1. The number of rotatable bonds is 3. The SMILES string of the molecule is O=C(NC[C@@H]1CC2c3ccccc3C1c1ccccc12)C1CCC1. The van der Waals surface area contributed by atoms with Crippen LogP contribution in [0.3, 0.4) is 0 Å². The van der Waals surface area contributed by atoms with Crippen molar-refractivity contribution < 1.29 is 4.79 Å². The van der Waals surface area contributed by atoms with Crippen LogP contribution in [0.25, 0.3) is 0 Å². The Hall–Kier alpha value is -2.09. The van der Waals surface area contributed by atoms with Gasteiger partial charge >= 0.3 is 0 Å². The maximum atomic E-state index is 12.3. The van der Waals surface area contributed by atoms with Gasteiger partial charge in [0.15, 0.2) is 0 Å². The van der Waals surface area contributed by atoms with E-state index in [1.807, 2.05) is 0 Å². The van der Waals surface area contributed by atoms with E-state index in [0.717, 1.165) is 25.8 Å². The average Bonchev–Trinajstić information content (AvgIpc) is 2.59. The van der Waals surface area contributed by atoms with Crippen molar-refractivity contribution in [2.45, 2.75) is 37.5 Å². The third-order valence-electron chi connectivity index (χ3n) is 6.44. The van der Waals surface area contributed by atoms with Crippen molar-refractivity contribution in [1.29, 1.82) is 0 Å². The molecule has 2 bridgehead atoms. The predicted molar refractivity (Wildman–Crippen MR) is 95.0 cm³/mol. The molecule has 2 aromatic rings. The van der Waals surface area contributed by atoms with Crippen LogP contribution in [0, 0.1) is 11.8 Å². The molecule has 0 saturated heterocycles. The Labute approximate surface area is 143 Å². The van der Waals surface area contributed by atoms with Crippen molar-refractivity contribution in [3.8, 4) is 0 Å². The zero-order valence-electron chi connectivity index (χ0n) is 13.9. The maximum Gasteiger partial charge on any atom is 0.223 e. The number of amides is 1. The number of hydrogen-bond donors (Lipinski definition) is 1. The second-order valence-corrected chi connectivity index (χ2v) is 7.66. The zero-order valence-corrected chi connectivity index (χ0v) is 13.9. The van der Waals surface area contributed by atoms with Crippen LogP contribution in [-0.2, 0) is 4.79 Å². The third-order valence-corrected chi connectivity index (χ3v) is 6.44. The fraction of sp³-hybridized carbons (Fsp3) is 0.409. The van der Waals surface area contributed by atoms with Gasteiger partial charge in [0.2, 0.25) is 5.91 Å². The van der Waals surface area contributed by atoms with Crippen LogP contribution in [0.4, 0.5) is 0 Å². The summed E-state index contributed by atoms with van der Waals surface area (Å²) in [5.74, 6) is 2.01. The molecule has 0 heterocycles. The molecule has 4 aliphatic carbocycles. The summed E-state index contributed by atoms with van der Waals surface area (Å²) < 4.78 is 0. The third kappa shape index (κ3) is 2.05. The van der Waals surface area contributed by atoms with Gasteiger partial charge in [0.05, 0.1) is 0 Å². The first-order valence-corrected chi connectivity index (χ1v) is 9.28. The van der Waals surface area contributed by atoms with Crippen LogP contribution < -0.4 is 5.32 Å². The van der Waals surface area contributed by atoms with Crippen LogP contribution in [-0.4, -0.2) is 12.5 Å². The van der Waals surface area contributed by atoms with Crippen molar-refractivity contribution >= 4 is 5.91 Å². The van der Waals surface area contributed by atoms with E-state index in [0.29, 0.717) is 17.8 Å². The minimum absolute atomic E-state index is 0.282. The summed E-state index contributed by atoms with van der Waals surface area (Å²) in [4.78, 5) is 12.3. The average molecular weight is 317 g/mol. The number of hydrogen-bond acceptors (Lipinski definition) is 1. The van der Waals surface area contributed by atoms with Crippen LogP contribution in [0.5, 0.6) is 0 Å². The van der Waals surface area contributed by atoms with Gasteiger partial charge in [-0.3, -0.25) is 4.79 Å². The lowest BCUT2D eigenvalue weighted by Crippen LogP contribution is -2.42. The molecule has 2 heteroatoms. The maximum absolute atomic E-state index is 12.3. The molecule has 1 atom stereocenters. The smallest absolute Gasteiger partial charge is 0.223 e. The van der Waals surface area contributed by atoms with E-state index >= 15 is 0 Å². The molecule has 0 radical (unpaired) electrons. The molecule has 4 aliphatic rings. The van der Waals surface area contributed by atoms with Gasteiger partial charge in [-0.2, -0.15) is 0 Å². The van der Waals surface area contributed by atoms with Crippen molar-refractivity contribution in [2.24, 2.45) is 11.8 Å². The van der Waals surface area contributed by atoms with Gasteiger partial charge in [0, 0.05) is 24.3 Å². The van der Waals surface area contributed by atoms with Crippen LogP contribution >= 0.6 is 0 Å². The standard InChI is InChI=1S/C22H23NO/c24-22(14-6-5-7-14)23-13-15-12-20-16-8-1-3-10-18(16)21(15)19-11-4-2-9-17(19)20/h1-4,8-11,14-15,20-21H,5-7,12-13H2,(H,23,24)/t15-,20?,21?/m0/s1. The lowest BCUT2D eigenvalue weighted by atomic mass is 9.59. The molecule has 1 N–H and O–H groups in total. The Bertz CT molecular complexity index is 745. The first-order chi connectivity index (χ1) is 11.8. The molecule has 2 aromatic carbocycles. The quantitative estimate of drug-likeness (QED) is 0.903. The van der Waals surface area contributed by atoms with Gasteiger partial charge in [0.1, 0.15) is 0 Å². The Balaban J connectivity index is 1.46. The minimum atomic E-state index is 0.282. The van der Waals surface area contributed by atoms with Gasteiger partial charge < -0.3 is 5.32 Å². The van der Waals surface area contributed by atoms with Crippen LogP contribution in [0.2, 0.25) is 0 Å². The topological polar surface area (TPSA) is 29.1 Å². The lowest BCUT2D eigenvalue weighted by Gasteiger charge is -2.45. The second kappa shape index (κ2) is 5.47. The summed E-state index contributed by atoms with van der Waals surface area (Å²) in [6, 6.07) is 17.8. The molecular weight excluding hydrogens is 294 g/mol. The highest BCUT2D eigenvalue weighted by Gasteiger charge is 2.43. The molecule has 0 unspecified atom stereocenters. The normalized spacial score (nSPS) is 27.1. The molecule has 2 nitrogen and oxygen atoms in total. The number of fused-ring (bicyclic) bond motifs is 1. The fourth-order valence-electron chi connectivity index (χ4n) is 5.01. The largest absolute Gasteiger partial charge is 0.356 e. The Morgan fingerprint density at radius 2 is 1.50 bits per heavy atom. The zero-order chi connectivity index (χ0) is 16.1. The van der Waals surface area contributed by atoms with Gasteiger partial charge in [0.25, 0.3) is 0 Å². The van der Waals surface area contributed by atoms with Gasteiger partial charge in [-0.1, -0.05) is 55.0 Å². The van der Waals surface area contributed by atoms with E-state index in [1.54, 1.807) is 0 Å². The van der Waals surface area contributed by atoms with Crippen molar-refractivity contribution in [3.05, 3.63) is 70.8 Å². The van der Waals surface area contributed by atoms with Crippen molar-refractivity contribution in [3.63, 3.8) is 0 Å². The summed E-state index contributed by atoms with van der Waals surface area (Å²) in [5.41, 5.74) is 5.97. The Kier molecular flexibility index (Phi) is 3.26. The summed E-state index contributed by atoms with van der Waals surface area (Å²) in [5, 5.41) is 3.26. The fourth-order valence-corrected chi connectivity index (χ4v) is 5.01. The minimum Gasteiger partial charge on any atom is -0.356 e. The molecule has 1 saturated carbocycles. The van der Waals surface area contributed by atoms with Crippen molar-refractivity contribution in [2.75, 3.05) is 6.54 Å². The highest BCUT2D eigenvalue weighted by Crippen LogP contribution is 2.55. The molecule has 6 rings (SSSR count). The van der Waals surface area contributed by atoms with Gasteiger partial charge in [-0.15, -0.1) is 0 Å². The molecule has 122 valence electrons. The Morgan fingerprint density at radius 1 is 0.917 bits per heavy atom. The highest BCUT2D eigenvalue weighted by atomic mass is 16.1. The molecule has 1 fully saturated rings. The van der Waals surface area contributed by atoms with E-state index < -0.39 is 0 Å². The van der Waals surface area contributed by atoms with E-state index in [-0.39, 0.29) is 11.8 Å². The first-order valence-electron chi connectivity index (χ1n) is 9.28. The number of benzene rings is 2. The van der Waals surface area contributed by atoms with E-state index in [2.05, 4.69) is 53.8 Å². The molecule has 0 spiro atoms. The summed E-state index contributed by atoms with van der Waals surface area (Å²) in [6.07, 6.45) is 4.53. The molecular formula is C22H23NO. The van der Waals surface area contributed by atoms with Gasteiger partial charge in [-0.05, 0) is 47.4 Å². The molecule has 0 aliphatic heterocycles. The molecule has 1 amide bonds. The monoisotopic (exact) mass is 317 g/mol. The molecule has 24 heavy (non-hydrogen) atoms. The van der Waals surface area contributed by atoms with Crippen molar-refractivity contribution in [1.82, 2.24) is 5.32 Å². The van der Waals surface area contributed by atoms with Crippen LogP contribution in [0.15, 0.2) is 48.5 Å². The summed E-state index contributed by atoms with van der Waals surface area (Å²) in [6.45, 7) is 0.819. The molecule has 0 aromatic heterocycles. The van der Waals surface area contributed by atoms with E-state index in [4.69, 9.17) is 0 Å². The summed E-state index contributed by atoms with van der Waals surface area (Å²) >= 11 is 0. The number of nitrogens with one attached hydrogen (secondary N) is 1. The van der Waals surface area contributed by atoms with E-state index in [1.165, 1.54) is 28.7 Å². The van der Waals surface area contributed by atoms with E-state index in [9.17, 15) is 4.79 Å². The summed E-state index contributed by atoms with van der Waals surface area (Å²) in [7, 11) is 0. The Morgan fingerprint density at radius 3 is 2.04 bits per heavy atom. The predicted octanol–water partition coefficient (Wildman–Crippen LogP) is 4.20.